The lowest BCUT2D eigenvalue weighted by Gasteiger charge is -2.22. The van der Waals surface area contributed by atoms with E-state index in [1.54, 1.807) is 31.4 Å². The molecule has 0 spiro atoms. The highest BCUT2D eigenvalue weighted by atomic mass is 35.5. The minimum Gasteiger partial charge on any atom is -0.383 e. The number of rotatable bonds is 7. The lowest BCUT2D eigenvalue weighted by atomic mass is 9.98. The van der Waals surface area contributed by atoms with Crippen LogP contribution in [0.1, 0.15) is 23.2 Å². The summed E-state index contributed by atoms with van der Waals surface area (Å²) in [6.45, 7) is 3.66. The predicted octanol–water partition coefficient (Wildman–Crippen LogP) is 1.61. The SMILES string of the molecule is COCCNC(=O)c1ccc(NC(=O)NCC2CCNCC2)cc1.Cl. The molecule has 0 aliphatic carbocycles. The summed E-state index contributed by atoms with van der Waals surface area (Å²) in [5.74, 6) is 0.379. The smallest absolute Gasteiger partial charge is 0.319 e. The second-order valence-electron chi connectivity index (χ2n) is 5.85. The standard InChI is InChI=1S/C17H26N4O3.ClH/c1-24-11-10-19-16(22)14-2-4-15(5-3-14)21-17(23)20-12-13-6-8-18-9-7-13;/h2-5,13,18H,6-12H2,1H3,(H,19,22)(H2,20,21,23);1H. The summed E-state index contributed by atoms with van der Waals surface area (Å²) in [6.07, 6.45) is 2.18. The summed E-state index contributed by atoms with van der Waals surface area (Å²) < 4.78 is 4.89. The zero-order chi connectivity index (χ0) is 17.2. The average molecular weight is 371 g/mol. The van der Waals surface area contributed by atoms with E-state index in [4.69, 9.17) is 4.74 Å². The molecule has 2 rings (SSSR count). The van der Waals surface area contributed by atoms with Crippen molar-refractivity contribution >= 4 is 30.0 Å². The molecule has 1 fully saturated rings. The van der Waals surface area contributed by atoms with E-state index in [9.17, 15) is 9.59 Å². The lowest BCUT2D eigenvalue weighted by molar-refractivity contribution is 0.0937. The van der Waals surface area contributed by atoms with E-state index in [1.165, 1.54) is 0 Å². The summed E-state index contributed by atoms with van der Waals surface area (Å²) in [7, 11) is 1.59. The molecule has 25 heavy (non-hydrogen) atoms. The van der Waals surface area contributed by atoms with Crippen LogP contribution in [-0.4, -0.2) is 51.8 Å². The number of halogens is 1. The molecule has 8 heteroatoms. The Morgan fingerprint density at radius 1 is 1.16 bits per heavy atom. The number of hydrogen-bond acceptors (Lipinski definition) is 4. The van der Waals surface area contributed by atoms with Gasteiger partial charge in [-0.05, 0) is 56.1 Å². The number of methoxy groups -OCH3 is 1. The van der Waals surface area contributed by atoms with Crippen molar-refractivity contribution < 1.29 is 14.3 Å². The van der Waals surface area contributed by atoms with Gasteiger partial charge in [0.05, 0.1) is 6.61 Å². The molecule has 0 bridgehead atoms. The molecular formula is C17H27ClN4O3. The van der Waals surface area contributed by atoms with Crippen molar-refractivity contribution in [3.8, 4) is 0 Å². The van der Waals surface area contributed by atoms with Gasteiger partial charge in [-0.2, -0.15) is 0 Å². The Morgan fingerprint density at radius 2 is 1.84 bits per heavy atom. The molecule has 1 aromatic rings. The van der Waals surface area contributed by atoms with Crippen molar-refractivity contribution in [1.82, 2.24) is 16.0 Å². The maximum absolute atomic E-state index is 11.9. The molecule has 1 heterocycles. The Bertz CT molecular complexity index is 533. The summed E-state index contributed by atoms with van der Waals surface area (Å²) in [5, 5.41) is 11.7. The molecule has 4 N–H and O–H groups in total. The van der Waals surface area contributed by atoms with Gasteiger partial charge >= 0.3 is 6.03 Å². The highest BCUT2D eigenvalue weighted by Gasteiger charge is 2.14. The zero-order valence-corrected chi connectivity index (χ0v) is 15.3. The van der Waals surface area contributed by atoms with Crippen LogP contribution in [-0.2, 0) is 4.74 Å². The largest absolute Gasteiger partial charge is 0.383 e. The van der Waals surface area contributed by atoms with Gasteiger partial charge in [-0.1, -0.05) is 0 Å². The summed E-state index contributed by atoms with van der Waals surface area (Å²) in [5.41, 5.74) is 1.21. The Hall–Kier alpha value is -1.83. The fourth-order valence-corrected chi connectivity index (χ4v) is 2.57. The molecule has 0 atom stereocenters. The van der Waals surface area contributed by atoms with Gasteiger partial charge < -0.3 is 26.0 Å². The normalized spacial score (nSPS) is 14.3. The Labute approximate surface area is 154 Å². The van der Waals surface area contributed by atoms with Crippen molar-refractivity contribution in [1.29, 1.82) is 0 Å². The van der Waals surface area contributed by atoms with Crippen LogP contribution in [0.5, 0.6) is 0 Å². The van der Waals surface area contributed by atoms with Gasteiger partial charge in [-0.15, -0.1) is 12.4 Å². The summed E-state index contributed by atoms with van der Waals surface area (Å²) in [4.78, 5) is 23.8. The first-order valence-electron chi connectivity index (χ1n) is 8.32. The predicted molar refractivity (Wildman–Crippen MR) is 101 cm³/mol. The molecule has 0 aromatic heterocycles. The van der Waals surface area contributed by atoms with Gasteiger partial charge in [0, 0.05) is 31.5 Å². The van der Waals surface area contributed by atoms with Crippen LogP contribution >= 0.6 is 12.4 Å². The van der Waals surface area contributed by atoms with Crippen LogP contribution < -0.4 is 21.3 Å². The maximum atomic E-state index is 11.9. The highest BCUT2D eigenvalue weighted by Crippen LogP contribution is 2.11. The number of ether oxygens (including phenoxy) is 1. The van der Waals surface area contributed by atoms with E-state index in [2.05, 4.69) is 21.3 Å². The number of amides is 3. The lowest BCUT2D eigenvalue weighted by Crippen LogP contribution is -2.37. The fourth-order valence-electron chi connectivity index (χ4n) is 2.57. The van der Waals surface area contributed by atoms with Crippen LogP contribution in [0, 0.1) is 5.92 Å². The van der Waals surface area contributed by atoms with Crippen LogP contribution in [0.4, 0.5) is 10.5 Å². The monoisotopic (exact) mass is 370 g/mol. The minimum absolute atomic E-state index is 0. The molecular weight excluding hydrogens is 344 g/mol. The van der Waals surface area contributed by atoms with Crippen molar-refractivity contribution in [2.75, 3.05) is 45.2 Å². The quantitative estimate of drug-likeness (QED) is 0.549. The summed E-state index contributed by atoms with van der Waals surface area (Å²) >= 11 is 0. The summed E-state index contributed by atoms with van der Waals surface area (Å²) in [6, 6.07) is 6.59. The van der Waals surface area contributed by atoms with Gasteiger partial charge in [0.25, 0.3) is 5.91 Å². The third-order valence-electron chi connectivity index (χ3n) is 4.01. The van der Waals surface area contributed by atoms with E-state index in [0.717, 1.165) is 25.9 Å². The second-order valence-corrected chi connectivity index (χ2v) is 5.85. The van der Waals surface area contributed by atoms with E-state index in [1.807, 2.05) is 0 Å². The number of nitrogens with one attached hydrogen (secondary N) is 4. The third kappa shape index (κ3) is 7.72. The van der Waals surface area contributed by atoms with Gasteiger partial charge in [0.15, 0.2) is 0 Å². The van der Waals surface area contributed by atoms with Gasteiger partial charge in [0.1, 0.15) is 0 Å². The molecule has 1 saturated heterocycles. The van der Waals surface area contributed by atoms with Gasteiger partial charge in [-0.25, -0.2) is 4.79 Å². The van der Waals surface area contributed by atoms with E-state index < -0.39 is 0 Å². The second kappa shape index (κ2) is 11.7. The Kier molecular flexibility index (Phi) is 9.91. The highest BCUT2D eigenvalue weighted by molar-refractivity contribution is 5.95. The average Bonchev–Trinajstić information content (AvgIpc) is 2.61. The number of carbonyl (C=O) groups excluding carboxylic acids is 2. The van der Waals surface area contributed by atoms with Crippen molar-refractivity contribution in [2.45, 2.75) is 12.8 Å². The number of anilines is 1. The molecule has 0 radical (unpaired) electrons. The van der Waals surface area contributed by atoms with E-state index in [0.29, 0.717) is 36.9 Å². The molecule has 140 valence electrons. The molecule has 1 aliphatic rings. The maximum Gasteiger partial charge on any atom is 0.319 e. The van der Waals surface area contributed by atoms with E-state index >= 15 is 0 Å². The molecule has 0 saturated carbocycles. The third-order valence-corrected chi connectivity index (χ3v) is 4.01. The number of piperidine rings is 1. The van der Waals surface area contributed by atoms with Crippen LogP contribution in [0.3, 0.4) is 0 Å². The zero-order valence-electron chi connectivity index (χ0n) is 14.5. The molecule has 1 aromatic carbocycles. The number of carbonyl (C=O) groups is 2. The first kappa shape index (κ1) is 21.2. The van der Waals surface area contributed by atoms with Crippen molar-refractivity contribution in [3.63, 3.8) is 0 Å². The Balaban J connectivity index is 0.00000312. The van der Waals surface area contributed by atoms with Crippen molar-refractivity contribution in [3.05, 3.63) is 29.8 Å². The van der Waals surface area contributed by atoms with Gasteiger partial charge in [-0.3, -0.25) is 4.79 Å². The van der Waals surface area contributed by atoms with Crippen molar-refractivity contribution in [2.24, 2.45) is 5.92 Å². The van der Waals surface area contributed by atoms with E-state index in [-0.39, 0.29) is 24.3 Å². The fraction of sp³-hybridized carbons (Fsp3) is 0.529. The first-order valence-corrected chi connectivity index (χ1v) is 8.32. The van der Waals surface area contributed by atoms with Crippen LogP contribution in [0.15, 0.2) is 24.3 Å². The van der Waals surface area contributed by atoms with Crippen LogP contribution in [0.25, 0.3) is 0 Å². The molecule has 0 unspecified atom stereocenters. The molecule has 1 aliphatic heterocycles. The molecule has 7 nitrogen and oxygen atoms in total. The molecule has 3 amide bonds. The first-order chi connectivity index (χ1) is 11.7. The Morgan fingerprint density at radius 3 is 2.48 bits per heavy atom. The number of urea groups is 1. The van der Waals surface area contributed by atoms with Crippen LogP contribution in [0.2, 0.25) is 0 Å². The number of hydrogen-bond donors (Lipinski definition) is 4. The van der Waals surface area contributed by atoms with Gasteiger partial charge in [0.2, 0.25) is 0 Å². The minimum atomic E-state index is -0.217. The number of benzene rings is 1. The topological polar surface area (TPSA) is 91.5 Å².